The average Bonchev–Trinajstić information content (AvgIpc) is 2.18. The molecule has 96 valence electrons. The van der Waals surface area contributed by atoms with Crippen molar-refractivity contribution < 1.29 is 8.42 Å². The Morgan fingerprint density at radius 1 is 1.24 bits per heavy atom. The van der Waals surface area contributed by atoms with E-state index in [0.29, 0.717) is 17.8 Å². The quantitative estimate of drug-likeness (QED) is 0.806. The van der Waals surface area contributed by atoms with E-state index < -0.39 is 10.0 Å². The predicted octanol–water partition coefficient (Wildman–Crippen LogP) is 1.73. The highest BCUT2D eigenvalue weighted by Gasteiger charge is 2.17. The fraction of sp³-hybridized carbons (Fsp3) is 0.500. The molecule has 0 aliphatic rings. The van der Waals surface area contributed by atoms with Crippen LogP contribution in [0.5, 0.6) is 0 Å². The summed E-state index contributed by atoms with van der Waals surface area (Å²) in [4.78, 5) is 0. The summed E-state index contributed by atoms with van der Waals surface area (Å²) in [5, 5.41) is 0. The fourth-order valence-corrected chi connectivity index (χ4v) is 2.68. The van der Waals surface area contributed by atoms with E-state index in [1.54, 1.807) is 24.3 Å². The third-order valence-electron chi connectivity index (χ3n) is 2.22. The summed E-state index contributed by atoms with van der Waals surface area (Å²) in [7, 11) is -3.32. The van der Waals surface area contributed by atoms with Gasteiger partial charge < -0.3 is 5.73 Å². The minimum atomic E-state index is -3.32. The van der Waals surface area contributed by atoms with Crippen LogP contribution < -0.4 is 10.5 Å². The molecule has 0 aromatic heterocycles. The third-order valence-corrected chi connectivity index (χ3v) is 3.50. The van der Waals surface area contributed by atoms with Crippen molar-refractivity contribution >= 4 is 15.7 Å². The second kappa shape index (κ2) is 5.06. The summed E-state index contributed by atoms with van der Waals surface area (Å²) in [6.45, 7) is 6.35. The van der Waals surface area contributed by atoms with E-state index >= 15 is 0 Å². The lowest BCUT2D eigenvalue weighted by atomic mass is 9.98. The molecule has 0 saturated heterocycles. The van der Waals surface area contributed by atoms with Crippen LogP contribution in [0.2, 0.25) is 0 Å². The first-order valence-electron chi connectivity index (χ1n) is 5.50. The molecule has 0 unspecified atom stereocenters. The van der Waals surface area contributed by atoms with E-state index in [4.69, 9.17) is 5.73 Å². The largest absolute Gasteiger partial charge is 0.398 e. The number of hydrogen-bond acceptors (Lipinski definition) is 3. The molecule has 0 bridgehead atoms. The van der Waals surface area contributed by atoms with Gasteiger partial charge in [-0.15, -0.1) is 0 Å². The van der Waals surface area contributed by atoms with Gasteiger partial charge in [-0.2, -0.15) is 0 Å². The number of nitrogens with one attached hydrogen (secondary N) is 1. The molecular formula is C12H20N2O2S. The Hall–Kier alpha value is -1.07. The van der Waals surface area contributed by atoms with Gasteiger partial charge in [0.2, 0.25) is 10.0 Å². The lowest BCUT2D eigenvalue weighted by molar-refractivity contribution is 0.407. The molecule has 0 saturated carbocycles. The van der Waals surface area contributed by atoms with Crippen molar-refractivity contribution in [2.75, 3.05) is 12.3 Å². The molecule has 0 atom stereocenters. The molecule has 0 heterocycles. The molecule has 17 heavy (non-hydrogen) atoms. The van der Waals surface area contributed by atoms with Gasteiger partial charge in [0.15, 0.2) is 0 Å². The number of hydrogen-bond donors (Lipinski definition) is 2. The topological polar surface area (TPSA) is 72.2 Å². The Bertz CT molecular complexity index is 476. The normalized spacial score (nSPS) is 12.6. The van der Waals surface area contributed by atoms with Gasteiger partial charge in [0.05, 0.1) is 5.75 Å². The van der Waals surface area contributed by atoms with Gasteiger partial charge in [-0.1, -0.05) is 39.0 Å². The van der Waals surface area contributed by atoms with Gasteiger partial charge in [0, 0.05) is 12.2 Å². The van der Waals surface area contributed by atoms with Gasteiger partial charge in [-0.25, -0.2) is 13.1 Å². The Morgan fingerprint density at radius 2 is 1.82 bits per heavy atom. The molecule has 4 nitrogen and oxygen atoms in total. The van der Waals surface area contributed by atoms with E-state index in [9.17, 15) is 8.42 Å². The minimum Gasteiger partial charge on any atom is -0.398 e. The van der Waals surface area contributed by atoms with Crippen LogP contribution in [0.1, 0.15) is 26.3 Å². The monoisotopic (exact) mass is 256 g/mol. The molecule has 3 N–H and O–H groups in total. The van der Waals surface area contributed by atoms with E-state index in [1.165, 1.54) is 0 Å². The summed E-state index contributed by atoms with van der Waals surface area (Å²) >= 11 is 0. The van der Waals surface area contributed by atoms with Gasteiger partial charge >= 0.3 is 0 Å². The van der Waals surface area contributed by atoms with Crippen molar-refractivity contribution in [1.82, 2.24) is 4.72 Å². The number of para-hydroxylation sites is 1. The maximum absolute atomic E-state index is 11.8. The summed E-state index contributed by atoms with van der Waals surface area (Å²) < 4.78 is 26.3. The number of nitrogens with two attached hydrogens (primary N) is 1. The van der Waals surface area contributed by atoms with Crippen molar-refractivity contribution in [3.8, 4) is 0 Å². The smallest absolute Gasteiger partial charge is 0.215 e. The third kappa shape index (κ3) is 5.19. The first kappa shape index (κ1) is 14.0. The maximum atomic E-state index is 11.8. The lowest BCUT2D eigenvalue weighted by Gasteiger charge is -2.18. The average molecular weight is 256 g/mol. The fourth-order valence-electron chi connectivity index (χ4n) is 1.25. The van der Waals surface area contributed by atoms with E-state index in [2.05, 4.69) is 4.72 Å². The number of rotatable bonds is 4. The van der Waals surface area contributed by atoms with E-state index in [-0.39, 0.29) is 11.2 Å². The van der Waals surface area contributed by atoms with Gasteiger partial charge in [-0.05, 0) is 17.0 Å². The van der Waals surface area contributed by atoms with E-state index in [1.807, 2.05) is 20.8 Å². The molecule has 1 rings (SSSR count). The number of anilines is 1. The van der Waals surface area contributed by atoms with Crippen molar-refractivity contribution in [3.05, 3.63) is 29.8 Å². The lowest BCUT2D eigenvalue weighted by Crippen LogP contribution is -2.33. The Labute approximate surface area is 103 Å². The molecule has 0 aliphatic carbocycles. The highest BCUT2D eigenvalue weighted by atomic mass is 32.2. The van der Waals surface area contributed by atoms with E-state index in [0.717, 1.165) is 0 Å². The first-order valence-corrected chi connectivity index (χ1v) is 7.16. The number of benzene rings is 1. The first-order chi connectivity index (χ1) is 7.70. The van der Waals surface area contributed by atoms with Crippen LogP contribution in [0.3, 0.4) is 0 Å². The molecule has 0 fully saturated rings. The summed E-state index contributed by atoms with van der Waals surface area (Å²) in [6.07, 6.45) is 0. The molecule has 1 aromatic rings. The van der Waals surface area contributed by atoms with Crippen molar-refractivity contribution in [3.63, 3.8) is 0 Å². The molecule has 0 radical (unpaired) electrons. The van der Waals surface area contributed by atoms with Crippen LogP contribution >= 0.6 is 0 Å². The second-order valence-corrected chi connectivity index (χ2v) is 7.15. The van der Waals surface area contributed by atoms with Crippen LogP contribution in [0.25, 0.3) is 0 Å². The van der Waals surface area contributed by atoms with Crippen LogP contribution in [0.4, 0.5) is 5.69 Å². The minimum absolute atomic E-state index is 0.0737. The molecule has 1 aromatic carbocycles. The van der Waals surface area contributed by atoms with Crippen molar-refractivity contribution in [2.45, 2.75) is 26.5 Å². The highest BCUT2D eigenvalue weighted by Crippen LogP contribution is 2.15. The molecule has 5 heteroatoms. The maximum Gasteiger partial charge on any atom is 0.215 e. The highest BCUT2D eigenvalue weighted by molar-refractivity contribution is 7.88. The van der Waals surface area contributed by atoms with Crippen LogP contribution in [0.15, 0.2) is 24.3 Å². The van der Waals surface area contributed by atoms with Gasteiger partial charge in [-0.3, -0.25) is 0 Å². The van der Waals surface area contributed by atoms with Crippen LogP contribution in [-0.4, -0.2) is 15.0 Å². The summed E-state index contributed by atoms with van der Waals surface area (Å²) in [5.41, 5.74) is 6.78. The Kier molecular flexibility index (Phi) is 4.16. The van der Waals surface area contributed by atoms with Crippen molar-refractivity contribution in [1.29, 1.82) is 0 Å². The molecule has 0 aliphatic heterocycles. The zero-order chi connectivity index (χ0) is 13.1. The molecular weight excluding hydrogens is 236 g/mol. The molecule has 0 spiro atoms. The summed E-state index contributed by atoms with van der Waals surface area (Å²) in [6, 6.07) is 7.00. The summed E-state index contributed by atoms with van der Waals surface area (Å²) in [5.74, 6) is -0.0737. The SMILES string of the molecule is CC(C)(C)CNS(=O)(=O)Cc1ccccc1N. The van der Waals surface area contributed by atoms with Crippen molar-refractivity contribution in [2.24, 2.45) is 5.41 Å². The second-order valence-electron chi connectivity index (χ2n) is 5.34. The van der Waals surface area contributed by atoms with Crippen LogP contribution in [0, 0.1) is 5.41 Å². The zero-order valence-corrected chi connectivity index (χ0v) is 11.3. The zero-order valence-electron chi connectivity index (χ0n) is 10.5. The predicted molar refractivity (Wildman–Crippen MR) is 70.9 cm³/mol. The molecule has 0 amide bonds. The standard InChI is InChI=1S/C12H20N2O2S/c1-12(2,3)9-14-17(15,16)8-10-6-4-5-7-11(10)13/h4-7,14H,8-9,13H2,1-3H3. The Balaban J connectivity index is 2.71. The number of sulfonamides is 1. The van der Waals surface area contributed by atoms with Gasteiger partial charge in [0.25, 0.3) is 0 Å². The number of nitrogen functional groups attached to an aromatic ring is 1. The van der Waals surface area contributed by atoms with Gasteiger partial charge in [0.1, 0.15) is 0 Å². The van der Waals surface area contributed by atoms with Crippen LogP contribution in [-0.2, 0) is 15.8 Å². The Morgan fingerprint density at radius 3 is 2.35 bits per heavy atom.